The molecule has 34 heavy (non-hydrogen) atoms. The van der Waals surface area contributed by atoms with Crippen LogP contribution in [0.15, 0.2) is 71.8 Å². The zero-order chi connectivity index (χ0) is 23.7. The van der Waals surface area contributed by atoms with Gasteiger partial charge in [0.1, 0.15) is 5.75 Å². The molecule has 0 saturated heterocycles. The summed E-state index contributed by atoms with van der Waals surface area (Å²) in [5.74, 6) is 0.824. The van der Waals surface area contributed by atoms with E-state index in [-0.39, 0.29) is 11.9 Å². The minimum atomic E-state index is -0.143. The van der Waals surface area contributed by atoms with Crippen molar-refractivity contribution in [3.63, 3.8) is 0 Å². The molecular formula is C29H31N3O2. The zero-order valence-electron chi connectivity index (χ0n) is 20.1. The molecule has 0 radical (unpaired) electrons. The summed E-state index contributed by atoms with van der Waals surface area (Å²) in [6.07, 6.45) is 1.66. The van der Waals surface area contributed by atoms with Crippen molar-refractivity contribution in [2.45, 2.75) is 39.3 Å². The molecular weight excluding hydrogens is 422 g/mol. The van der Waals surface area contributed by atoms with Gasteiger partial charge in [0.2, 0.25) is 0 Å². The number of methoxy groups -OCH3 is 1. The maximum Gasteiger partial charge on any atom is 0.257 e. The summed E-state index contributed by atoms with van der Waals surface area (Å²) in [5.41, 5.74) is 8.22. The number of amides is 1. The first-order valence-electron chi connectivity index (χ1n) is 11.9. The summed E-state index contributed by atoms with van der Waals surface area (Å²) in [6.45, 7) is 6.25. The molecule has 0 fully saturated rings. The fourth-order valence-electron chi connectivity index (χ4n) is 5.10. The van der Waals surface area contributed by atoms with E-state index in [0.717, 1.165) is 42.1 Å². The highest BCUT2D eigenvalue weighted by Crippen LogP contribution is 2.35. The lowest BCUT2D eigenvalue weighted by molar-refractivity contribution is -0.134. The van der Waals surface area contributed by atoms with Crippen LogP contribution in [0.25, 0.3) is 0 Å². The topological polar surface area (TPSA) is 45.1 Å². The van der Waals surface area contributed by atoms with Crippen molar-refractivity contribution < 1.29 is 9.53 Å². The molecule has 1 atom stereocenters. The molecule has 0 aromatic heterocycles. The quantitative estimate of drug-likeness (QED) is 0.543. The number of hydrazone groups is 1. The minimum Gasteiger partial charge on any atom is -0.497 e. The Morgan fingerprint density at radius 2 is 1.85 bits per heavy atom. The van der Waals surface area contributed by atoms with Crippen molar-refractivity contribution in [1.82, 2.24) is 9.91 Å². The molecule has 3 aromatic rings. The minimum absolute atomic E-state index is 0.0342. The monoisotopic (exact) mass is 453 g/mol. The highest BCUT2D eigenvalue weighted by atomic mass is 16.5. The average molecular weight is 454 g/mol. The smallest absolute Gasteiger partial charge is 0.257 e. The number of carbonyl (C=O) groups is 1. The van der Waals surface area contributed by atoms with E-state index >= 15 is 0 Å². The van der Waals surface area contributed by atoms with Crippen LogP contribution in [0.3, 0.4) is 0 Å². The maximum atomic E-state index is 13.6. The molecule has 3 aromatic carbocycles. The van der Waals surface area contributed by atoms with Crippen LogP contribution in [0.4, 0.5) is 0 Å². The summed E-state index contributed by atoms with van der Waals surface area (Å²) < 4.78 is 5.46. The number of hydrogen-bond donors (Lipinski definition) is 0. The van der Waals surface area contributed by atoms with Crippen LogP contribution in [0.1, 0.15) is 45.8 Å². The molecule has 0 aliphatic carbocycles. The van der Waals surface area contributed by atoms with Gasteiger partial charge in [0, 0.05) is 25.1 Å². The number of carbonyl (C=O) groups excluding carboxylic acids is 1. The lowest BCUT2D eigenvalue weighted by Gasteiger charge is -2.30. The Balaban J connectivity index is 1.43. The molecule has 0 saturated carbocycles. The number of ether oxygens (including phenoxy) is 1. The Morgan fingerprint density at radius 1 is 1.03 bits per heavy atom. The Labute approximate surface area is 201 Å². The second-order valence-electron chi connectivity index (χ2n) is 9.33. The molecule has 0 bridgehead atoms. The number of rotatable bonds is 5. The van der Waals surface area contributed by atoms with E-state index in [9.17, 15) is 4.79 Å². The van der Waals surface area contributed by atoms with Gasteiger partial charge in [0.25, 0.3) is 5.91 Å². The third kappa shape index (κ3) is 4.48. The third-order valence-electron chi connectivity index (χ3n) is 6.91. The number of nitrogens with zero attached hydrogens (tertiary/aromatic N) is 3. The fraction of sp³-hybridized carbons (Fsp3) is 0.310. The Hall–Kier alpha value is -3.44. The second kappa shape index (κ2) is 9.43. The van der Waals surface area contributed by atoms with Crippen molar-refractivity contribution >= 4 is 11.6 Å². The van der Waals surface area contributed by atoms with Gasteiger partial charge < -0.3 is 4.74 Å². The predicted octanol–water partition coefficient (Wildman–Crippen LogP) is 5.05. The molecule has 0 unspecified atom stereocenters. The SMILES string of the molecule is COc1cccc([C@H]2CC(c3ccc(C)cc3C)=NN2C(=O)CN2CCc3ccccc3C2)c1. The summed E-state index contributed by atoms with van der Waals surface area (Å²) in [5, 5.41) is 6.62. The van der Waals surface area contributed by atoms with Gasteiger partial charge in [-0.1, -0.05) is 60.2 Å². The van der Waals surface area contributed by atoms with Crippen LogP contribution in [0.2, 0.25) is 0 Å². The standard InChI is InChI=1S/C29H31N3O2/c1-20-11-12-26(21(2)15-20)27-17-28(23-9-6-10-25(16-23)34-3)32(30-27)29(33)19-31-14-13-22-7-4-5-8-24(22)18-31/h4-12,15-16,28H,13-14,17-19H2,1-3H3/t28-/m1/s1. The summed E-state index contributed by atoms with van der Waals surface area (Å²) in [6, 6.07) is 22.8. The van der Waals surface area contributed by atoms with Crippen molar-refractivity contribution in [3.05, 3.63) is 100 Å². The molecule has 2 aliphatic heterocycles. The first-order valence-corrected chi connectivity index (χ1v) is 11.9. The van der Waals surface area contributed by atoms with Gasteiger partial charge in [-0.3, -0.25) is 9.69 Å². The van der Waals surface area contributed by atoms with Gasteiger partial charge in [-0.05, 0) is 54.7 Å². The van der Waals surface area contributed by atoms with Crippen molar-refractivity contribution in [1.29, 1.82) is 0 Å². The van der Waals surface area contributed by atoms with Crippen molar-refractivity contribution in [2.24, 2.45) is 5.10 Å². The number of hydrogen-bond acceptors (Lipinski definition) is 4. The Bertz CT molecular complexity index is 1250. The molecule has 2 aliphatic rings. The summed E-state index contributed by atoms with van der Waals surface area (Å²) >= 11 is 0. The van der Waals surface area contributed by atoms with Crippen LogP contribution >= 0.6 is 0 Å². The van der Waals surface area contributed by atoms with E-state index in [1.807, 2.05) is 18.2 Å². The molecule has 0 spiro atoms. The highest BCUT2D eigenvalue weighted by molar-refractivity contribution is 6.04. The van der Waals surface area contributed by atoms with E-state index in [1.54, 1.807) is 12.1 Å². The van der Waals surface area contributed by atoms with Gasteiger partial charge in [-0.25, -0.2) is 5.01 Å². The average Bonchev–Trinajstić information content (AvgIpc) is 3.29. The van der Waals surface area contributed by atoms with E-state index < -0.39 is 0 Å². The van der Waals surface area contributed by atoms with Gasteiger partial charge in [0.15, 0.2) is 0 Å². The summed E-state index contributed by atoms with van der Waals surface area (Å²) in [4.78, 5) is 15.9. The van der Waals surface area contributed by atoms with Gasteiger partial charge in [-0.2, -0.15) is 5.10 Å². The lowest BCUT2D eigenvalue weighted by Crippen LogP contribution is -2.40. The first kappa shape index (κ1) is 22.4. The van der Waals surface area contributed by atoms with E-state index in [2.05, 4.69) is 67.3 Å². The largest absolute Gasteiger partial charge is 0.497 e. The van der Waals surface area contributed by atoms with Gasteiger partial charge in [0.05, 0.1) is 25.4 Å². The van der Waals surface area contributed by atoms with E-state index in [1.165, 1.54) is 22.3 Å². The summed E-state index contributed by atoms with van der Waals surface area (Å²) in [7, 11) is 1.67. The first-order chi connectivity index (χ1) is 16.5. The van der Waals surface area contributed by atoms with Crippen molar-refractivity contribution in [2.75, 3.05) is 20.2 Å². The van der Waals surface area contributed by atoms with E-state index in [4.69, 9.17) is 9.84 Å². The molecule has 5 nitrogen and oxygen atoms in total. The maximum absolute atomic E-state index is 13.6. The molecule has 1 amide bonds. The number of fused-ring (bicyclic) bond motifs is 1. The normalized spacial score (nSPS) is 17.9. The van der Waals surface area contributed by atoms with Gasteiger partial charge >= 0.3 is 0 Å². The van der Waals surface area contributed by atoms with Crippen LogP contribution in [-0.2, 0) is 17.8 Å². The van der Waals surface area contributed by atoms with Crippen molar-refractivity contribution in [3.8, 4) is 5.75 Å². The van der Waals surface area contributed by atoms with Crippen LogP contribution in [0, 0.1) is 13.8 Å². The zero-order valence-corrected chi connectivity index (χ0v) is 20.1. The second-order valence-corrected chi connectivity index (χ2v) is 9.33. The predicted molar refractivity (Wildman–Crippen MR) is 135 cm³/mol. The molecule has 5 rings (SSSR count). The highest BCUT2D eigenvalue weighted by Gasteiger charge is 2.34. The van der Waals surface area contributed by atoms with Gasteiger partial charge in [-0.15, -0.1) is 0 Å². The fourth-order valence-corrected chi connectivity index (χ4v) is 5.10. The number of benzene rings is 3. The molecule has 0 N–H and O–H groups in total. The van der Waals surface area contributed by atoms with E-state index in [0.29, 0.717) is 13.0 Å². The van der Waals surface area contributed by atoms with Crippen LogP contribution < -0.4 is 4.74 Å². The Morgan fingerprint density at radius 3 is 2.65 bits per heavy atom. The third-order valence-corrected chi connectivity index (χ3v) is 6.91. The number of aryl methyl sites for hydroxylation is 2. The van der Waals surface area contributed by atoms with Crippen LogP contribution in [-0.4, -0.2) is 41.7 Å². The molecule has 2 heterocycles. The van der Waals surface area contributed by atoms with Crippen LogP contribution in [0.5, 0.6) is 5.75 Å². The Kier molecular flexibility index (Phi) is 6.20. The molecule has 5 heteroatoms. The molecule has 174 valence electrons. The lowest BCUT2D eigenvalue weighted by atomic mass is 9.95.